The van der Waals surface area contributed by atoms with E-state index in [0.717, 1.165) is 10.9 Å². The van der Waals surface area contributed by atoms with Crippen molar-refractivity contribution >= 4 is 45.3 Å². The molecule has 0 spiro atoms. The molecule has 0 fully saturated rings. The van der Waals surface area contributed by atoms with Gasteiger partial charge in [0.25, 0.3) is 5.56 Å². The van der Waals surface area contributed by atoms with Crippen molar-refractivity contribution in [3.63, 3.8) is 0 Å². The average Bonchev–Trinajstić information content (AvgIpc) is 2.91. The molecule has 0 aliphatic heterocycles. The van der Waals surface area contributed by atoms with Crippen LogP contribution in [0, 0.1) is 0 Å². The van der Waals surface area contributed by atoms with Gasteiger partial charge in [-0.25, -0.2) is 4.79 Å². The fraction of sp³-hybridized carbons (Fsp3) is 0.214. The summed E-state index contributed by atoms with van der Waals surface area (Å²) in [5.74, 6) is 0.0980. The van der Waals surface area contributed by atoms with Crippen molar-refractivity contribution in [1.82, 2.24) is 14.8 Å². The van der Waals surface area contributed by atoms with E-state index in [1.54, 1.807) is 22.8 Å². The molecule has 0 bridgehead atoms. The van der Waals surface area contributed by atoms with Crippen molar-refractivity contribution in [3.05, 3.63) is 33.6 Å². The van der Waals surface area contributed by atoms with E-state index in [1.165, 1.54) is 0 Å². The largest absolute Gasteiger partial charge is 0.351 e. The minimum absolute atomic E-state index is 0.0980. The second kappa shape index (κ2) is 5.90. The number of carbonyl (C=O) groups is 1. The molecule has 23 heavy (non-hydrogen) atoms. The molecule has 2 amide bonds. The molecule has 0 atom stereocenters. The maximum atomic E-state index is 12.8. The molecular weight excluding hydrogens is 320 g/mol. The van der Waals surface area contributed by atoms with Gasteiger partial charge in [0, 0.05) is 17.0 Å². The third-order valence-electron chi connectivity index (χ3n) is 3.57. The zero-order valence-electron chi connectivity index (χ0n) is 12.1. The van der Waals surface area contributed by atoms with Crippen molar-refractivity contribution in [2.24, 2.45) is 11.5 Å². The van der Waals surface area contributed by atoms with Crippen molar-refractivity contribution in [1.29, 1.82) is 0 Å². The van der Waals surface area contributed by atoms with Gasteiger partial charge < -0.3 is 16.0 Å². The molecule has 0 aliphatic rings. The second-order valence-electron chi connectivity index (χ2n) is 5.07. The van der Waals surface area contributed by atoms with E-state index in [9.17, 15) is 9.59 Å². The maximum Gasteiger partial charge on any atom is 0.317 e. The van der Waals surface area contributed by atoms with Gasteiger partial charge in [-0.05, 0) is 31.2 Å². The van der Waals surface area contributed by atoms with Gasteiger partial charge in [-0.2, -0.15) is 5.10 Å². The van der Waals surface area contributed by atoms with Crippen molar-refractivity contribution in [2.75, 3.05) is 11.9 Å². The molecule has 0 unspecified atom stereocenters. The van der Waals surface area contributed by atoms with Gasteiger partial charge in [0.2, 0.25) is 0 Å². The van der Waals surface area contributed by atoms with Crippen LogP contribution in [0.1, 0.15) is 6.42 Å². The van der Waals surface area contributed by atoms with Gasteiger partial charge in [0.15, 0.2) is 5.82 Å². The number of amides is 2. The Morgan fingerprint density at radius 1 is 1.43 bits per heavy atom. The number of halogens is 1. The minimum Gasteiger partial charge on any atom is -0.351 e. The number of nitrogens with two attached hydrogens (primary N) is 2. The van der Waals surface area contributed by atoms with Gasteiger partial charge in [0.05, 0.1) is 11.0 Å². The van der Waals surface area contributed by atoms with Crippen LogP contribution in [0.4, 0.5) is 10.6 Å². The zero-order chi connectivity index (χ0) is 16.6. The van der Waals surface area contributed by atoms with Crippen LogP contribution < -0.4 is 22.3 Å². The molecule has 8 nitrogen and oxygen atoms in total. The highest BCUT2D eigenvalue weighted by molar-refractivity contribution is 6.31. The molecule has 1 aromatic carbocycles. The third kappa shape index (κ3) is 2.62. The van der Waals surface area contributed by atoms with Crippen LogP contribution in [0.5, 0.6) is 0 Å². The van der Waals surface area contributed by atoms with E-state index in [0.29, 0.717) is 30.0 Å². The smallest absolute Gasteiger partial charge is 0.317 e. The van der Waals surface area contributed by atoms with Crippen LogP contribution in [0.3, 0.4) is 0 Å². The number of pyridine rings is 1. The van der Waals surface area contributed by atoms with Crippen LogP contribution in [-0.4, -0.2) is 27.3 Å². The molecule has 0 radical (unpaired) electrons. The molecule has 0 saturated heterocycles. The number of carbonyl (C=O) groups excluding carboxylic acids is 1. The Morgan fingerprint density at radius 3 is 2.91 bits per heavy atom. The predicted octanol–water partition coefficient (Wildman–Crippen LogP) is 1.37. The number of aromatic nitrogens is 3. The molecule has 2 heterocycles. The number of hydrogen-bond donors (Lipinski definition) is 4. The molecule has 0 aliphatic carbocycles. The summed E-state index contributed by atoms with van der Waals surface area (Å²) in [6.07, 6.45) is 0.638. The lowest BCUT2D eigenvalue weighted by molar-refractivity contribution is 0.259. The van der Waals surface area contributed by atoms with Gasteiger partial charge in [0.1, 0.15) is 5.39 Å². The maximum absolute atomic E-state index is 12.8. The Balaban J connectivity index is 2.39. The zero-order valence-corrected chi connectivity index (χ0v) is 12.9. The van der Waals surface area contributed by atoms with Crippen LogP contribution >= 0.6 is 11.6 Å². The molecular formula is C14H15ClN6O2. The van der Waals surface area contributed by atoms with Gasteiger partial charge in [-0.3, -0.25) is 15.2 Å². The van der Waals surface area contributed by atoms with E-state index >= 15 is 0 Å². The number of hydrogen-bond acceptors (Lipinski definition) is 4. The number of primary amides is 1. The lowest BCUT2D eigenvalue weighted by Crippen LogP contribution is -2.24. The number of benzene rings is 1. The number of aromatic amines is 1. The first-order valence-corrected chi connectivity index (χ1v) is 7.37. The first-order valence-electron chi connectivity index (χ1n) is 6.99. The number of urea groups is 1. The number of rotatable bonds is 4. The summed E-state index contributed by atoms with van der Waals surface area (Å²) in [6.45, 7) is 0.905. The van der Waals surface area contributed by atoms with Crippen LogP contribution in [0.15, 0.2) is 23.0 Å². The Bertz CT molecular complexity index is 961. The SMILES string of the molecule is NCCCn1c(=O)c2c(NC(N)=O)n[nH]c2c2cc(Cl)ccc21. The normalized spacial score (nSPS) is 11.2. The Kier molecular flexibility index (Phi) is 3.93. The lowest BCUT2D eigenvalue weighted by atomic mass is 10.1. The highest BCUT2D eigenvalue weighted by Gasteiger charge is 2.18. The molecule has 0 saturated carbocycles. The quantitative estimate of drug-likeness (QED) is 0.573. The summed E-state index contributed by atoms with van der Waals surface area (Å²) in [5.41, 5.74) is 11.6. The standard InChI is InChI=1S/C14H15ClN6O2/c15-7-2-3-9-8(6-7)11-10(12(20-19-11)18-14(17)23)13(22)21(9)5-1-4-16/h2-3,6H,1,4-5,16H2,(H4,17,18,19,20,23). The second-order valence-corrected chi connectivity index (χ2v) is 5.51. The summed E-state index contributed by atoms with van der Waals surface area (Å²) in [5, 5.41) is 10.6. The average molecular weight is 335 g/mol. The summed E-state index contributed by atoms with van der Waals surface area (Å²) >= 11 is 6.08. The van der Waals surface area contributed by atoms with E-state index in [-0.39, 0.29) is 16.8 Å². The fourth-order valence-electron chi connectivity index (χ4n) is 2.61. The number of fused-ring (bicyclic) bond motifs is 3. The molecule has 6 N–H and O–H groups in total. The molecule has 3 rings (SSSR count). The summed E-state index contributed by atoms with van der Waals surface area (Å²) in [7, 11) is 0. The predicted molar refractivity (Wildman–Crippen MR) is 89.7 cm³/mol. The van der Waals surface area contributed by atoms with Crippen LogP contribution in [0.25, 0.3) is 21.8 Å². The Labute approximate surface area is 135 Å². The number of nitrogens with zero attached hydrogens (tertiary/aromatic N) is 2. The molecule has 120 valence electrons. The topological polar surface area (TPSA) is 132 Å². The van der Waals surface area contributed by atoms with Crippen LogP contribution in [0.2, 0.25) is 5.02 Å². The highest BCUT2D eigenvalue weighted by Crippen LogP contribution is 2.27. The molecule has 9 heteroatoms. The van der Waals surface area contributed by atoms with Crippen molar-refractivity contribution in [2.45, 2.75) is 13.0 Å². The Hall–Kier alpha value is -2.58. The number of anilines is 1. The molecule has 3 aromatic rings. The summed E-state index contributed by atoms with van der Waals surface area (Å²) < 4.78 is 1.60. The van der Waals surface area contributed by atoms with Crippen molar-refractivity contribution in [3.8, 4) is 0 Å². The van der Waals surface area contributed by atoms with E-state index in [1.807, 2.05) is 0 Å². The first kappa shape index (κ1) is 15.3. The Morgan fingerprint density at radius 2 is 2.22 bits per heavy atom. The number of nitrogens with one attached hydrogen (secondary N) is 2. The number of aryl methyl sites for hydroxylation is 1. The summed E-state index contributed by atoms with van der Waals surface area (Å²) in [4.78, 5) is 23.9. The third-order valence-corrected chi connectivity index (χ3v) is 3.81. The lowest BCUT2D eigenvalue weighted by Gasteiger charge is -2.11. The van der Waals surface area contributed by atoms with E-state index in [2.05, 4.69) is 15.5 Å². The van der Waals surface area contributed by atoms with Gasteiger partial charge in [-0.1, -0.05) is 11.6 Å². The fourth-order valence-corrected chi connectivity index (χ4v) is 2.78. The van der Waals surface area contributed by atoms with E-state index in [4.69, 9.17) is 23.1 Å². The van der Waals surface area contributed by atoms with E-state index < -0.39 is 6.03 Å². The van der Waals surface area contributed by atoms with Gasteiger partial charge in [-0.15, -0.1) is 0 Å². The monoisotopic (exact) mass is 334 g/mol. The first-order chi connectivity index (χ1) is 11.0. The van der Waals surface area contributed by atoms with Crippen molar-refractivity contribution < 1.29 is 4.79 Å². The highest BCUT2D eigenvalue weighted by atomic mass is 35.5. The molecule has 2 aromatic heterocycles. The summed E-state index contributed by atoms with van der Waals surface area (Å²) in [6, 6.07) is 4.44. The number of H-pyrrole nitrogens is 1. The van der Waals surface area contributed by atoms with Gasteiger partial charge >= 0.3 is 6.03 Å². The van der Waals surface area contributed by atoms with Crippen LogP contribution in [-0.2, 0) is 6.54 Å². The minimum atomic E-state index is -0.794.